The Labute approximate surface area is 291 Å². The van der Waals surface area contributed by atoms with Crippen LogP contribution < -0.4 is 15.6 Å². The first-order chi connectivity index (χ1) is 24.4. The number of aromatic nitrogens is 6. The molecule has 5 rings (SSSR count). The number of nitrogens with one attached hydrogen (secondary N) is 2. The summed E-state index contributed by atoms with van der Waals surface area (Å²) in [6.45, 7) is 2.35. The maximum absolute atomic E-state index is 16.1. The molecule has 1 aliphatic heterocycles. The summed E-state index contributed by atoms with van der Waals surface area (Å²) < 4.78 is 64.6. The van der Waals surface area contributed by atoms with Crippen molar-refractivity contribution in [2.24, 2.45) is 5.92 Å². The third-order valence-corrected chi connectivity index (χ3v) is 10.2. The van der Waals surface area contributed by atoms with Gasteiger partial charge in [0.05, 0.1) is 38.1 Å². The number of hydrogen-bond acceptors (Lipinski definition) is 15. The number of rotatable bonds is 15. The van der Waals surface area contributed by atoms with Crippen LogP contribution in [0.5, 0.6) is 5.88 Å². The summed E-state index contributed by atoms with van der Waals surface area (Å²) in [5.74, 6) is -0.745. The molecule has 0 aromatic carbocycles. The number of amides is 1. The Bertz CT molecular complexity index is 1830. The molecule has 276 valence electrons. The molecule has 4 N–H and O–H groups in total. The smallest absolute Gasteiger partial charge is 0.474 e. The van der Waals surface area contributed by atoms with Crippen molar-refractivity contribution in [1.82, 2.24) is 29.5 Å². The van der Waals surface area contributed by atoms with Gasteiger partial charge >= 0.3 is 8.25 Å². The fraction of sp³-hybridized carbons (Fsp3) is 0.586. The monoisotopic (exact) mass is 755 g/mol. The van der Waals surface area contributed by atoms with Gasteiger partial charge in [0.2, 0.25) is 17.7 Å². The normalized spacial score (nSPS) is 26.7. The minimum absolute atomic E-state index is 0.0696. The van der Waals surface area contributed by atoms with Crippen LogP contribution in [-0.2, 0) is 32.2 Å². The number of aromatic amines is 1. The lowest BCUT2D eigenvalue weighted by Gasteiger charge is -2.33. The molecule has 1 saturated heterocycles. The van der Waals surface area contributed by atoms with Crippen molar-refractivity contribution in [3.8, 4) is 11.9 Å². The lowest BCUT2D eigenvalue weighted by molar-refractivity contribution is -0.118. The number of fused-ring (bicyclic) bond motifs is 1. The molecule has 0 bridgehead atoms. The number of ether oxygens (including phenoxy) is 2. The zero-order valence-electron chi connectivity index (χ0n) is 27.6. The maximum Gasteiger partial charge on any atom is 0.695 e. The van der Waals surface area contributed by atoms with Gasteiger partial charge in [0, 0.05) is 35.6 Å². The van der Waals surface area contributed by atoms with E-state index in [-0.39, 0.29) is 43.0 Å². The lowest BCUT2D eigenvalue weighted by atomic mass is 10.1. The third-order valence-electron chi connectivity index (χ3n) is 7.95. The van der Waals surface area contributed by atoms with E-state index in [1.54, 1.807) is 19.9 Å². The summed E-state index contributed by atoms with van der Waals surface area (Å²) >= 11 is 0. The summed E-state index contributed by atoms with van der Waals surface area (Å²) in [7, 11) is -6.84. The molecule has 3 aromatic heterocycles. The van der Waals surface area contributed by atoms with Gasteiger partial charge in [0.25, 0.3) is 13.1 Å². The van der Waals surface area contributed by atoms with Crippen LogP contribution in [0.3, 0.4) is 0 Å². The van der Waals surface area contributed by atoms with E-state index in [2.05, 4.69) is 36.5 Å². The molecule has 0 spiro atoms. The van der Waals surface area contributed by atoms with Crippen molar-refractivity contribution in [3.05, 3.63) is 35.3 Å². The number of H-pyrrole nitrogens is 1. The van der Waals surface area contributed by atoms with Gasteiger partial charge in [-0.3, -0.25) is 24.5 Å². The van der Waals surface area contributed by atoms with Crippen LogP contribution in [0.2, 0.25) is 0 Å². The highest BCUT2D eigenvalue weighted by Crippen LogP contribution is 2.56. The van der Waals surface area contributed by atoms with Crippen LogP contribution in [0.25, 0.3) is 11.2 Å². The summed E-state index contributed by atoms with van der Waals surface area (Å²) in [6, 6.07) is 3.51. The predicted molar refractivity (Wildman–Crippen MR) is 177 cm³/mol. The number of aliphatic hydroxyl groups excluding tert-OH is 1. The Balaban J connectivity index is 1.43. The number of imidazole rings is 1. The molecule has 4 heterocycles. The summed E-state index contributed by atoms with van der Waals surface area (Å²) in [5.41, 5.74) is -0.925. The molecule has 2 fully saturated rings. The SMILES string of the molecule is C=P(OCCC#N)(OC1CCC(Oc2ccncn2)C[C@H](O[P+](=O)O)C1)O[C@@H]1[C@H](F)[C@@H](CO)O[C@H]1n1cnc2c(=O)[nH]c(NC(=O)C(C)C)nc21. The minimum atomic E-state index is -3.84. The first-order valence-electron chi connectivity index (χ1n) is 15.9. The van der Waals surface area contributed by atoms with Gasteiger partial charge in [0.15, 0.2) is 23.6 Å². The Morgan fingerprint density at radius 1 is 1.29 bits per heavy atom. The minimum Gasteiger partial charge on any atom is -0.474 e. The van der Waals surface area contributed by atoms with E-state index in [4.69, 9.17) is 27.6 Å². The Morgan fingerprint density at radius 3 is 2.75 bits per heavy atom. The largest absolute Gasteiger partial charge is 0.695 e. The molecule has 1 amide bonds. The van der Waals surface area contributed by atoms with E-state index < -0.39 is 82.7 Å². The van der Waals surface area contributed by atoms with Crippen molar-refractivity contribution >= 4 is 45.1 Å². The van der Waals surface area contributed by atoms with Crippen molar-refractivity contribution in [2.45, 2.75) is 88.9 Å². The zero-order valence-corrected chi connectivity index (χ0v) is 29.4. The van der Waals surface area contributed by atoms with Crippen LogP contribution in [0.15, 0.2) is 29.7 Å². The highest BCUT2D eigenvalue weighted by Gasteiger charge is 2.50. The number of anilines is 1. The van der Waals surface area contributed by atoms with Crippen LogP contribution in [0.1, 0.15) is 52.2 Å². The van der Waals surface area contributed by atoms with Gasteiger partial charge in [0.1, 0.15) is 30.7 Å². The topological polar surface area (TPSA) is 255 Å². The van der Waals surface area contributed by atoms with E-state index in [9.17, 15) is 29.4 Å². The standard InChI is InChI=1S/C29H37FN8O11P2/c1-16(2)26(40)36-29-35-25-23(27(41)37-29)34-15-38(25)28-24(22(30)20(13-39)46-28)49-51(3,44-10-4-8-31)48-18-6-5-17(11-19(12-18)47-50(42)43)45-21-7-9-32-14-33-21/h7,9,14-20,22,24,28,39H,3-6,10-13H2,1-2H3,(H2-,35,36,37,40,41,42,43)/p+1/t17?,18?,19-,20+,22+,24+,28+,51?/m0/s1. The summed E-state index contributed by atoms with van der Waals surface area (Å²) in [5, 5.41) is 21.7. The van der Waals surface area contributed by atoms with E-state index >= 15 is 4.39 Å². The maximum atomic E-state index is 16.1. The molecule has 3 aromatic rings. The Morgan fingerprint density at radius 2 is 2.06 bits per heavy atom. The first-order valence-corrected chi connectivity index (χ1v) is 18.8. The first kappa shape index (κ1) is 38.5. The number of nitrogens with zero attached hydrogens (tertiary/aromatic N) is 6. The van der Waals surface area contributed by atoms with Crippen molar-refractivity contribution in [2.75, 3.05) is 18.5 Å². The van der Waals surface area contributed by atoms with E-state index in [0.29, 0.717) is 18.7 Å². The van der Waals surface area contributed by atoms with Crippen molar-refractivity contribution in [1.29, 1.82) is 5.26 Å². The van der Waals surface area contributed by atoms with Gasteiger partial charge in [-0.25, -0.2) is 19.3 Å². The highest BCUT2D eigenvalue weighted by atomic mass is 31.2. The molecule has 51 heavy (non-hydrogen) atoms. The number of carbonyl (C=O) groups excluding carboxylic acids is 1. The average Bonchev–Trinajstić information content (AvgIpc) is 3.57. The van der Waals surface area contributed by atoms with Crippen LogP contribution >= 0.6 is 15.8 Å². The third kappa shape index (κ3) is 9.77. The van der Waals surface area contributed by atoms with Gasteiger partial charge in [-0.15, -0.1) is 9.42 Å². The lowest BCUT2D eigenvalue weighted by Crippen LogP contribution is -2.33. The molecule has 9 atom stereocenters. The molecule has 0 radical (unpaired) electrons. The van der Waals surface area contributed by atoms with E-state index in [1.807, 2.05) is 6.07 Å². The number of alkyl halides is 1. The average molecular weight is 756 g/mol. The van der Waals surface area contributed by atoms with Crippen molar-refractivity contribution in [3.63, 3.8) is 0 Å². The fourth-order valence-corrected chi connectivity index (χ4v) is 7.77. The molecular weight excluding hydrogens is 717 g/mol. The molecular formula is C29H38FN8O11P2+. The molecule has 19 nitrogen and oxygen atoms in total. The van der Waals surface area contributed by atoms with E-state index in [1.165, 1.54) is 23.4 Å². The quantitative estimate of drug-likeness (QED) is 0.0988. The zero-order chi connectivity index (χ0) is 36.7. The number of carbonyl (C=O) groups is 1. The van der Waals surface area contributed by atoms with E-state index in [0.717, 1.165) is 0 Å². The van der Waals surface area contributed by atoms with Gasteiger partial charge in [-0.2, -0.15) is 10.2 Å². The van der Waals surface area contributed by atoms with Crippen LogP contribution in [0, 0.1) is 17.2 Å². The molecule has 2 aliphatic rings. The number of halogens is 1. The number of aliphatic hydroxyl groups is 1. The molecule has 22 heteroatoms. The molecule has 4 unspecified atom stereocenters. The van der Waals surface area contributed by atoms with Crippen molar-refractivity contribution < 1.29 is 51.3 Å². The second-order valence-corrected chi connectivity index (χ2v) is 14.6. The van der Waals surface area contributed by atoms with Gasteiger partial charge in [-0.05, 0) is 19.1 Å². The predicted octanol–water partition coefficient (Wildman–Crippen LogP) is 2.68. The highest BCUT2D eigenvalue weighted by molar-refractivity contribution is 7.59. The second kappa shape index (κ2) is 17.2. The molecule has 1 aliphatic carbocycles. The van der Waals surface area contributed by atoms with Gasteiger partial charge < -0.3 is 28.2 Å². The van der Waals surface area contributed by atoms with Crippen LogP contribution in [0.4, 0.5) is 10.3 Å². The molecule has 1 saturated carbocycles. The second-order valence-electron chi connectivity index (χ2n) is 12.0. The number of nitriles is 1. The summed E-state index contributed by atoms with van der Waals surface area (Å²) in [6.07, 6.45) is 0.438. The Hall–Kier alpha value is -3.76. The number of hydrogen-bond donors (Lipinski definition) is 4. The Kier molecular flexibility index (Phi) is 13.0. The van der Waals surface area contributed by atoms with Gasteiger partial charge in [-0.1, -0.05) is 13.8 Å². The summed E-state index contributed by atoms with van der Waals surface area (Å²) in [4.78, 5) is 53.5. The van der Waals surface area contributed by atoms with Crippen LogP contribution in [-0.4, -0.2) is 102 Å². The fourth-order valence-electron chi connectivity index (χ4n) is 5.56.